The molecule has 2 aromatic heterocycles. The van der Waals surface area contributed by atoms with Crippen molar-refractivity contribution in [3.63, 3.8) is 0 Å². The number of pyridine rings is 1. The van der Waals surface area contributed by atoms with Crippen LogP contribution in [0, 0.1) is 6.92 Å². The van der Waals surface area contributed by atoms with Gasteiger partial charge in [0.2, 0.25) is 0 Å². The lowest BCUT2D eigenvalue weighted by molar-refractivity contribution is 0.589. The van der Waals surface area contributed by atoms with Gasteiger partial charge in [-0.25, -0.2) is 17.4 Å². The molecule has 6 heteroatoms. The van der Waals surface area contributed by atoms with Crippen molar-refractivity contribution < 1.29 is 8.42 Å². The fourth-order valence-corrected chi connectivity index (χ4v) is 3.87. The minimum atomic E-state index is -3.62. The van der Waals surface area contributed by atoms with E-state index < -0.39 is 10.0 Å². The van der Waals surface area contributed by atoms with Crippen LogP contribution in [0.4, 0.5) is 0 Å². The molecule has 3 aromatic rings. The van der Waals surface area contributed by atoms with Gasteiger partial charge >= 0.3 is 0 Å². The Morgan fingerprint density at radius 3 is 2.55 bits per heavy atom. The van der Waals surface area contributed by atoms with Crippen LogP contribution in [0.5, 0.6) is 0 Å². The molecule has 0 aliphatic rings. The molecular weight excluding hydrogens is 296 g/mol. The van der Waals surface area contributed by atoms with E-state index in [-0.39, 0.29) is 4.90 Å². The smallest absolute Gasteiger partial charge is 0.239 e. The molecule has 0 bridgehead atoms. The van der Waals surface area contributed by atoms with E-state index >= 15 is 0 Å². The first-order valence-electron chi connectivity index (χ1n) is 5.95. The Kier molecular flexibility index (Phi) is 3.03. The van der Waals surface area contributed by atoms with Gasteiger partial charge in [0.05, 0.1) is 16.1 Å². The molecule has 1 aromatic carbocycles. The highest BCUT2D eigenvalue weighted by Gasteiger charge is 2.20. The predicted molar refractivity (Wildman–Crippen MR) is 78.5 cm³/mol. The van der Waals surface area contributed by atoms with Crippen molar-refractivity contribution in [1.29, 1.82) is 0 Å². The second-order valence-electron chi connectivity index (χ2n) is 4.40. The average Bonchev–Trinajstić information content (AvgIpc) is 2.84. The fourth-order valence-electron chi connectivity index (χ4n) is 2.19. The van der Waals surface area contributed by atoms with Gasteiger partial charge in [0, 0.05) is 11.6 Å². The molecule has 3 rings (SSSR count). The lowest BCUT2D eigenvalue weighted by Crippen LogP contribution is -2.12. The summed E-state index contributed by atoms with van der Waals surface area (Å²) < 4.78 is 26.5. The van der Waals surface area contributed by atoms with Gasteiger partial charge in [-0.15, -0.1) is 0 Å². The zero-order valence-electron chi connectivity index (χ0n) is 10.6. The van der Waals surface area contributed by atoms with Gasteiger partial charge in [-0.2, -0.15) is 0 Å². The number of hydrogen-bond donors (Lipinski definition) is 0. The number of benzene rings is 1. The quantitative estimate of drug-likeness (QED) is 0.683. The van der Waals surface area contributed by atoms with E-state index in [1.807, 2.05) is 0 Å². The minimum absolute atomic E-state index is 0.242. The third-order valence-corrected chi connectivity index (χ3v) is 4.96. The van der Waals surface area contributed by atoms with E-state index in [1.54, 1.807) is 49.4 Å². The fraction of sp³-hybridized carbons (Fsp3) is 0.0714. The van der Waals surface area contributed by atoms with Crippen LogP contribution in [0.1, 0.15) is 5.69 Å². The normalized spacial score (nSPS) is 11.9. The van der Waals surface area contributed by atoms with Gasteiger partial charge in [0.15, 0.2) is 0 Å². The second-order valence-corrected chi connectivity index (χ2v) is 6.60. The zero-order chi connectivity index (χ0) is 14.3. The predicted octanol–water partition coefficient (Wildman–Crippen LogP) is 3.24. The van der Waals surface area contributed by atoms with Crippen LogP contribution in [0.3, 0.4) is 0 Å². The Bertz CT molecular complexity index is 886. The van der Waals surface area contributed by atoms with Crippen molar-refractivity contribution in [2.45, 2.75) is 11.8 Å². The number of aromatic nitrogens is 2. The molecule has 0 amide bonds. The third-order valence-electron chi connectivity index (χ3n) is 3.08. The minimum Gasteiger partial charge on any atom is -0.239 e. The highest BCUT2D eigenvalue weighted by Crippen LogP contribution is 2.25. The summed E-state index contributed by atoms with van der Waals surface area (Å²) in [7, 11) is -3.62. The number of nitrogens with zero attached hydrogens (tertiary/aromatic N) is 2. The molecule has 0 radical (unpaired) electrons. The first-order chi connectivity index (χ1) is 9.50. The van der Waals surface area contributed by atoms with Gasteiger partial charge < -0.3 is 0 Å². The molecule has 0 aliphatic heterocycles. The Hall–Kier alpha value is -1.85. The molecule has 102 valence electrons. The summed E-state index contributed by atoms with van der Waals surface area (Å²) in [6, 6.07) is 11.7. The van der Waals surface area contributed by atoms with Crippen LogP contribution in [-0.2, 0) is 10.0 Å². The van der Waals surface area contributed by atoms with Crippen molar-refractivity contribution in [2.24, 2.45) is 0 Å². The monoisotopic (exact) mass is 306 g/mol. The summed E-state index contributed by atoms with van der Waals surface area (Å²) in [5, 5.41) is 1.10. The van der Waals surface area contributed by atoms with E-state index in [0.717, 1.165) is 5.39 Å². The Balaban J connectivity index is 2.31. The largest absolute Gasteiger partial charge is 0.268 e. The molecular formula is C14H11ClN2O2S. The van der Waals surface area contributed by atoms with E-state index in [9.17, 15) is 8.42 Å². The van der Waals surface area contributed by atoms with Crippen LogP contribution >= 0.6 is 11.6 Å². The molecule has 0 aliphatic carbocycles. The molecule has 0 N–H and O–H groups in total. The van der Waals surface area contributed by atoms with Crippen LogP contribution in [0.25, 0.3) is 10.9 Å². The number of rotatable bonds is 2. The summed E-state index contributed by atoms with van der Waals surface area (Å²) >= 11 is 5.89. The van der Waals surface area contributed by atoms with Crippen molar-refractivity contribution in [1.82, 2.24) is 8.96 Å². The number of halogens is 1. The molecule has 0 saturated heterocycles. The SMILES string of the molecule is Cc1nc(Cl)cc2ccn(S(=O)(=O)c3ccccc3)c12. The molecule has 20 heavy (non-hydrogen) atoms. The Morgan fingerprint density at radius 1 is 1.15 bits per heavy atom. The van der Waals surface area contributed by atoms with Gasteiger partial charge in [-0.3, -0.25) is 0 Å². The maximum absolute atomic E-state index is 12.6. The van der Waals surface area contributed by atoms with Crippen LogP contribution in [0.2, 0.25) is 5.15 Å². The maximum Gasteiger partial charge on any atom is 0.268 e. The molecule has 0 unspecified atom stereocenters. The topological polar surface area (TPSA) is 52.0 Å². The molecule has 2 heterocycles. The summed E-state index contributed by atoms with van der Waals surface area (Å²) in [6.45, 7) is 1.74. The Morgan fingerprint density at radius 2 is 1.85 bits per heavy atom. The van der Waals surface area contributed by atoms with Gasteiger partial charge in [0.25, 0.3) is 10.0 Å². The van der Waals surface area contributed by atoms with E-state index in [2.05, 4.69) is 4.98 Å². The highest BCUT2D eigenvalue weighted by molar-refractivity contribution is 7.90. The summed E-state index contributed by atoms with van der Waals surface area (Å²) in [5.41, 5.74) is 1.13. The lowest BCUT2D eigenvalue weighted by atomic mass is 10.3. The van der Waals surface area contributed by atoms with Crippen molar-refractivity contribution in [3.05, 3.63) is 59.5 Å². The van der Waals surface area contributed by atoms with Crippen molar-refractivity contribution >= 4 is 32.5 Å². The average molecular weight is 307 g/mol. The number of fused-ring (bicyclic) bond motifs is 1. The van der Waals surface area contributed by atoms with E-state index in [4.69, 9.17) is 11.6 Å². The van der Waals surface area contributed by atoms with Crippen LogP contribution in [-0.4, -0.2) is 17.4 Å². The van der Waals surface area contributed by atoms with E-state index in [0.29, 0.717) is 16.4 Å². The van der Waals surface area contributed by atoms with Crippen molar-refractivity contribution in [3.8, 4) is 0 Å². The Labute approximate surface area is 121 Å². The molecule has 4 nitrogen and oxygen atoms in total. The molecule has 0 atom stereocenters. The second kappa shape index (κ2) is 4.61. The summed E-state index contributed by atoms with van der Waals surface area (Å²) in [6.07, 6.45) is 1.53. The summed E-state index contributed by atoms with van der Waals surface area (Å²) in [5.74, 6) is 0. The lowest BCUT2D eigenvalue weighted by Gasteiger charge is -2.09. The van der Waals surface area contributed by atoms with Crippen LogP contribution < -0.4 is 0 Å². The zero-order valence-corrected chi connectivity index (χ0v) is 12.2. The molecule has 0 fully saturated rings. The van der Waals surface area contributed by atoms with Gasteiger partial charge in [-0.05, 0) is 31.2 Å². The highest BCUT2D eigenvalue weighted by atomic mass is 35.5. The third kappa shape index (κ3) is 1.99. The van der Waals surface area contributed by atoms with Crippen LogP contribution in [0.15, 0.2) is 53.6 Å². The number of hydrogen-bond acceptors (Lipinski definition) is 3. The first kappa shape index (κ1) is 13.1. The number of aryl methyl sites for hydroxylation is 1. The van der Waals surface area contributed by atoms with E-state index in [1.165, 1.54) is 10.2 Å². The molecule has 0 spiro atoms. The summed E-state index contributed by atoms with van der Waals surface area (Å²) in [4.78, 5) is 4.36. The first-order valence-corrected chi connectivity index (χ1v) is 7.77. The van der Waals surface area contributed by atoms with Gasteiger partial charge in [-0.1, -0.05) is 29.8 Å². The van der Waals surface area contributed by atoms with Crippen molar-refractivity contribution in [2.75, 3.05) is 0 Å². The maximum atomic E-state index is 12.6. The standard InChI is InChI=1S/C14H11ClN2O2S/c1-10-14-11(9-13(15)16-10)7-8-17(14)20(18,19)12-5-3-2-4-6-12/h2-9H,1H3. The molecule has 0 saturated carbocycles. The van der Waals surface area contributed by atoms with Gasteiger partial charge in [0.1, 0.15) is 5.15 Å².